The van der Waals surface area contributed by atoms with Gasteiger partial charge in [-0.3, -0.25) is 0 Å². The van der Waals surface area contributed by atoms with E-state index in [0.717, 1.165) is 41.6 Å². The van der Waals surface area contributed by atoms with Crippen LogP contribution in [0.2, 0.25) is 0 Å². The highest BCUT2D eigenvalue weighted by atomic mass is 79.9. The Morgan fingerprint density at radius 1 is 1.29 bits per heavy atom. The molecule has 0 aliphatic heterocycles. The summed E-state index contributed by atoms with van der Waals surface area (Å²) in [5.41, 5.74) is 7.19. The van der Waals surface area contributed by atoms with Crippen LogP contribution in [-0.4, -0.2) is 10.1 Å². The molecule has 1 aromatic heterocycles. The maximum atomic E-state index is 6.47. The summed E-state index contributed by atoms with van der Waals surface area (Å²) >= 11 is 3.43. The topological polar surface area (TPSA) is 64.9 Å². The highest BCUT2D eigenvalue weighted by Crippen LogP contribution is 2.36. The van der Waals surface area contributed by atoms with Crippen LogP contribution >= 0.6 is 15.9 Å². The molecule has 0 spiro atoms. The lowest BCUT2D eigenvalue weighted by Crippen LogP contribution is -2.40. The number of benzene rings is 1. The monoisotopic (exact) mass is 349 g/mol. The SMILES string of the molecule is CC1CCC(N)(c2nc(Cc3ccc(Br)cc3)no2)CC1. The molecule has 0 radical (unpaired) electrons. The quantitative estimate of drug-likeness (QED) is 0.915. The van der Waals surface area contributed by atoms with Gasteiger partial charge in [-0.1, -0.05) is 40.1 Å². The van der Waals surface area contributed by atoms with E-state index in [1.807, 2.05) is 12.1 Å². The van der Waals surface area contributed by atoms with E-state index in [2.05, 4.69) is 45.1 Å². The zero-order valence-corrected chi connectivity index (χ0v) is 13.8. The standard InChI is InChI=1S/C16H20BrN3O/c1-11-6-8-16(18,9-7-11)15-19-14(20-21-15)10-12-2-4-13(17)5-3-12/h2-5,11H,6-10,18H2,1H3. The molecule has 1 saturated carbocycles. The van der Waals surface area contributed by atoms with Crippen LogP contribution in [0, 0.1) is 5.92 Å². The molecular formula is C16H20BrN3O. The zero-order chi connectivity index (χ0) is 14.9. The summed E-state index contributed by atoms with van der Waals surface area (Å²) in [6.45, 7) is 2.27. The molecule has 21 heavy (non-hydrogen) atoms. The van der Waals surface area contributed by atoms with Gasteiger partial charge in [-0.25, -0.2) is 0 Å². The van der Waals surface area contributed by atoms with Crippen LogP contribution in [-0.2, 0) is 12.0 Å². The van der Waals surface area contributed by atoms with E-state index >= 15 is 0 Å². The minimum atomic E-state index is -0.433. The number of hydrogen-bond acceptors (Lipinski definition) is 4. The van der Waals surface area contributed by atoms with Crippen molar-refractivity contribution in [3.8, 4) is 0 Å². The van der Waals surface area contributed by atoms with Crippen LogP contribution in [0.5, 0.6) is 0 Å². The summed E-state index contributed by atoms with van der Waals surface area (Å²) in [7, 11) is 0. The first kappa shape index (κ1) is 14.7. The molecule has 0 amide bonds. The van der Waals surface area contributed by atoms with Crippen LogP contribution in [0.15, 0.2) is 33.3 Å². The lowest BCUT2D eigenvalue weighted by atomic mass is 9.78. The number of rotatable bonds is 3. The fourth-order valence-corrected chi connectivity index (χ4v) is 3.07. The fraction of sp³-hybridized carbons (Fsp3) is 0.500. The van der Waals surface area contributed by atoms with Gasteiger partial charge in [0, 0.05) is 10.9 Å². The molecule has 0 unspecified atom stereocenters. The second-order valence-corrected chi connectivity index (χ2v) is 7.07. The van der Waals surface area contributed by atoms with Gasteiger partial charge >= 0.3 is 0 Å². The van der Waals surface area contributed by atoms with Crippen molar-refractivity contribution in [3.05, 3.63) is 46.0 Å². The molecule has 1 aromatic carbocycles. The third-order valence-electron chi connectivity index (χ3n) is 4.34. The molecule has 2 aromatic rings. The molecule has 3 rings (SSSR count). The summed E-state index contributed by atoms with van der Waals surface area (Å²) in [6.07, 6.45) is 4.77. The Morgan fingerprint density at radius 2 is 1.95 bits per heavy atom. The Hall–Kier alpha value is -1.20. The molecule has 1 fully saturated rings. The Balaban J connectivity index is 1.72. The highest BCUT2D eigenvalue weighted by Gasteiger charge is 2.37. The lowest BCUT2D eigenvalue weighted by molar-refractivity contribution is 0.190. The summed E-state index contributed by atoms with van der Waals surface area (Å²) < 4.78 is 6.51. The Labute approximate surface area is 133 Å². The van der Waals surface area contributed by atoms with E-state index in [1.165, 1.54) is 0 Å². The fourth-order valence-electron chi connectivity index (χ4n) is 2.80. The van der Waals surface area contributed by atoms with Crippen LogP contribution in [0.1, 0.15) is 49.9 Å². The zero-order valence-electron chi connectivity index (χ0n) is 12.2. The van der Waals surface area contributed by atoms with Crippen molar-refractivity contribution in [2.75, 3.05) is 0 Å². The van der Waals surface area contributed by atoms with Crippen molar-refractivity contribution in [2.24, 2.45) is 11.7 Å². The van der Waals surface area contributed by atoms with Gasteiger partial charge in [0.25, 0.3) is 0 Å². The largest absolute Gasteiger partial charge is 0.337 e. The third kappa shape index (κ3) is 3.35. The number of nitrogens with zero attached hydrogens (tertiary/aromatic N) is 2. The second-order valence-electron chi connectivity index (χ2n) is 6.16. The summed E-state index contributed by atoms with van der Waals surface area (Å²) in [6, 6.07) is 8.15. The van der Waals surface area contributed by atoms with E-state index in [1.54, 1.807) is 0 Å². The first-order chi connectivity index (χ1) is 10.0. The van der Waals surface area contributed by atoms with Gasteiger partial charge in [-0.2, -0.15) is 4.98 Å². The molecule has 112 valence electrons. The average molecular weight is 350 g/mol. The van der Waals surface area contributed by atoms with E-state index in [-0.39, 0.29) is 0 Å². The van der Waals surface area contributed by atoms with E-state index in [0.29, 0.717) is 18.1 Å². The molecule has 2 N–H and O–H groups in total. The molecule has 1 heterocycles. The Kier molecular flexibility index (Phi) is 4.13. The summed E-state index contributed by atoms with van der Waals surface area (Å²) in [4.78, 5) is 4.53. The van der Waals surface area contributed by atoms with Crippen LogP contribution < -0.4 is 5.73 Å². The Morgan fingerprint density at radius 3 is 2.62 bits per heavy atom. The van der Waals surface area contributed by atoms with Crippen molar-refractivity contribution in [2.45, 2.75) is 44.6 Å². The first-order valence-corrected chi connectivity index (χ1v) is 8.21. The minimum absolute atomic E-state index is 0.433. The summed E-state index contributed by atoms with van der Waals surface area (Å²) in [5.74, 6) is 2.05. The molecule has 0 saturated heterocycles. The van der Waals surface area contributed by atoms with Crippen molar-refractivity contribution >= 4 is 15.9 Å². The number of aromatic nitrogens is 2. The second kappa shape index (κ2) is 5.89. The highest BCUT2D eigenvalue weighted by molar-refractivity contribution is 9.10. The maximum Gasteiger partial charge on any atom is 0.246 e. The minimum Gasteiger partial charge on any atom is -0.337 e. The number of halogens is 1. The van der Waals surface area contributed by atoms with Crippen LogP contribution in [0.3, 0.4) is 0 Å². The van der Waals surface area contributed by atoms with Gasteiger partial charge in [0.15, 0.2) is 5.82 Å². The molecule has 1 aliphatic rings. The summed E-state index contributed by atoms with van der Waals surface area (Å²) in [5, 5.41) is 4.10. The van der Waals surface area contributed by atoms with Gasteiger partial charge in [0.1, 0.15) is 0 Å². The van der Waals surface area contributed by atoms with E-state index < -0.39 is 5.54 Å². The lowest BCUT2D eigenvalue weighted by Gasteiger charge is -2.32. The molecular weight excluding hydrogens is 330 g/mol. The number of hydrogen-bond donors (Lipinski definition) is 1. The first-order valence-electron chi connectivity index (χ1n) is 7.41. The Bertz CT molecular complexity index is 600. The number of nitrogens with two attached hydrogens (primary N) is 1. The predicted molar refractivity (Wildman–Crippen MR) is 84.7 cm³/mol. The smallest absolute Gasteiger partial charge is 0.246 e. The van der Waals surface area contributed by atoms with Gasteiger partial charge in [0.05, 0.1) is 5.54 Å². The van der Waals surface area contributed by atoms with Crippen LogP contribution in [0.4, 0.5) is 0 Å². The molecule has 0 atom stereocenters. The van der Waals surface area contributed by atoms with E-state index in [4.69, 9.17) is 10.3 Å². The molecule has 5 heteroatoms. The predicted octanol–water partition coefficient (Wildman–Crippen LogP) is 3.79. The normalized spacial score (nSPS) is 26.0. The molecule has 4 nitrogen and oxygen atoms in total. The van der Waals surface area contributed by atoms with Crippen molar-refractivity contribution < 1.29 is 4.52 Å². The van der Waals surface area contributed by atoms with Gasteiger partial charge < -0.3 is 10.3 Å². The molecule has 0 bridgehead atoms. The maximum absolute atomic E-state index is 6.47. The van der Waals surface area contributed by atoms with Crippen LogP contribution in [0.25, 0.3) is 0 Å². The molecule has 1 aliphatic carbocycles. The van der Waals surface area contributed by atoms with Crippen molar-refractivity contribution in [1.82, 2.24) is 10.1 Å². The van der Waals surface area contributed by atoms with Crippen molar-refractivity contribution in [3.63, 3.8) is 0 Å². The van der Waals surface area contributed by atoms with Crippen molar-refractivity contribution in [1.29, 1.82) is 0 Å². The third-order valence-corrected chi connectivity index (χ3v) is 4.86. The van der Waals surface area contributed by atoms with Gasteiger partial charge in [0.2, 0.25) is 5.89 Å². The van der Waals surface area contributed by atoms with Gasteiger partial charge in [-0.05, 0) is 49.3 Å². The average Bonchev–Trinajstić information content (AvgIpc) is 2.94. The van der Waals surface area contributed by atoms with E-state index in [9.17, 15) is 0 Å². The van der Waals surface area contributed by atoms with Gasteiger partial charge in [-0.15, -0.1) is 0 Å².